The fourth-order valence-corrected chi connectivity index (χ4v) is 2.26. The first-order valence-electron chi connectivity index (χ1n) is 8.32. The predicted octanol–water partition coefficient (Wildman–Crippen LogP) is 3.06. The number of hydrogen-bond donors (Lipinski definition) is 0. The fraction of sp³-hybridized carbons (Fsp3) is 0.526. The number of hydrogen-bond acceptors (Lipinski definition) is 6. The number of esters is 2. The Morgan fingerprint density at radius 2 is 1.46 bits per heavy atom. The van der Waals surface area contributed by atoms with E-state index in [2.05, 4.69) is 0 Å². The highest BCUT2D eigenvalue weighted by atomic mass is 16.6. The van der Waals surface area contributed by atoms with Crippen molar-refractivity contribution in [3.63, 3.8) is 0 Å². The highest BCUT2D eigenvalue weighted by Gasteiger charge is 2.19. The molecule has 0 heterocycles. The van der Waals surface area contributed by atoms with E-state index < -0.39 is 23.6 Å². The van der Waals surface area contributed by atoms with Crippen LogP contribution in [0.5, 0.6) is 0 Å². The minimum Gasteiger partial charge on any atom is -0.465 e. The molecule has 0 atom stereocenters. The highest BCUT2D eigenvalue weighted by Crippen LogP contribution is 2.15. The van der Waals surface area contributed by atoms with Crippen LogP contribution in [-0.2, 0) is 20.6 Å². The number of rotatable bonds is 6. The van der Waals surface area contributed by atoms with Crippen LogP contribution in [0.2, 0.25) is 0 Å². The van der Waals surface area contributed by atoms with Gasteiger partial charge in [0.05, 0.1) is 25.3 Å². The molecule has 0 bridgehead atoms. The Hall–Kier alpha value is -2.57. The summed E-state index contributed by atoms with van der Waals surface area (Å²) in [7, 11) is 4.23. The van der Waals surface area contributed by atoms with Gasteiger partial charge in [0.15, 0.2) is 0 Å². The largest absolute Gasteiger partial charge is 0.465 e. The summed E-state index contributed by atoms with van der Waals surface area (Å²) in [5.74, 6) is -1.05. The minimum absolute atomic E-state index is 0.283. The van der Waals surface area contributed by atoms with Crippen LogP contribution in [0.3, 0.4) is 0 Å². The molecule has 0 spiro atoms. The van der Waals surface area contributed by atoms with E-state index in [1.165, 1.54) is 25.2 Å². The van der Waals surface area contributed by atoms with Crippen LogP contribution in [0.1, 0.15) is 53.5 Å². The normalized spacial score (nSPS) is 10.8. The summed E-state index contributed by atoms with van der Waals surface area (Å²) < 4.78 is 14.7. The number of aryl methyl sites for hydroxylation is 1. The van der Waals surface area contributed by atoms with Gasteiger partial charge in [-0.25, -0.2) is 14.4 Å². The Bertz CT molecular complexity index is 628. The third-order valence-corrected chi connectivity index (χ3v) is 3.50. The molecule has 7 heteroatoms. The Kier molecular flexibility index (Phi) is 7.61. The van der Waals surface area contributed by atoms with Crippen LogP contribution < -0.4 is 0 Å². The van der Waals surface area contributed by atoms with Crippen molar-refractivity contribution in [1.82, 2.24) is 4.90 Å². The van der Waals surface area contributed by atoms with E-state index in [1.54, 1.807) is 19.2 Å². The zero-order valence-corrected chi connectivity index (χ0v) is 16.3. The maximum absolute atomic E-state index is 11.9. The third kappa shape index (κ3) is 6.74. The standard InChI is InChI=1S/C19H27NO6/c1-19(2,3)26-18(23)20(4)9-7-8-13-10-14(16(21)24-5)12-15(11-13)17(22)25-6/h10-12H,7-9H2,1-6H3. The lowest BCUT2D eigenvalue weighted by atomic mass is 10.0. The number of carbonyl (C=O) groups excluding carboxylic acids is 3. The SMILES string of the molecule is COC(=O)c1cc(CCCN(C)C(=O)OC(C)(C)C)cc(C(=O)OC)c1. The number of benzene rings is 1. The molecule has 0 N–H and O–H groups in total. The Morgan fingerprint density at radius 3 is 1.88 bits per heavy atom. The second kappa shape index (κ2) is 9.22. The van der Waals surface area contributed by atoms with Crippen LogP contribution >= 0.6 is 0 Å². The van der Waals surface area contributed by atoms with Gasteiger partial charge in [-0.15, -0.1) is 0 Å². The van der Waals surface area contributed by atoms with Gasteiger partial charge >= 0.3 is 18.0 Å². The summed E-state index contributed by atoms with van der Waals surface area (Å²) in [6.07, 6.45) is 0.819. The van der Waals surface area contributed by atoms with Crippen molar-refractivity contribution in [1.29, 1.82) is 0 Å². The summed E-state index contributed by atoms with van der Waals surface area (Å²) in [5.41, 5.74) is 0.804. The molecule has 0 aromatic heterocycles. The summed E-state index contributed by atoms with van der Waals surface area (Å²) in [5, 5.41) is 0. The lowest BCUT2D eigenvalue weighted by Crippen LogP contribution is -2.34. The Labute approximate surface area is 154 Å². The molecular formula is C19H27NO6. The molecule has 0 fully saturated rings. The van der Waals surface area contributed by atoms with E-state index in [0.717, 1.165) is 5.56 Å². The van der Waals surface area contributed by atoms with Gasteiger partial charge in [0.25, 0.3) is 0 Å². The first-order chi connectivity index (χ1) is 12.1. The number of carbonyl (C=O) groups is 3. The van der Waals surface area contributed by atoms with E-state index in [9.17, 15) is 14.4 Å². The second-order valence-corrected chi connectivity index (χ2v) is 6.91. The van der Waals surface area contributed by atoms with E-state index in [1.807, 2.05) is 20.8 Å². The van der Waals surface area contributed by atoms with Gasteiger partial charge < -0.3 is 19.1 Å². The molecule has 1 amide bonds. The number of amides is 1. The number of ether oxygens (including phenoxy) is 3. The van der Waals surface area contributed by atoms with Gasteiger partial charge in [0.2, 0.25) is 0 Å². The van der Waals surface area contributed by atoms with Crippen molar-refractivity contribution in [2.45, 2.75) is 39.2 Å². The van der Waals surface area contributed by atoms with Gasteiger partial charge in [-0.1, -0.05) is 0 Å². The zero-order chi connectivity index (χ0) is 19.9. The molecule has 0 aliphatic heterocycles. The van der Waals surface area contributed by atoms with E-state index in [-0.39, 0.29) is 11.1 Å². The second-order valence-electron chi connectivity index (χ2n) is 6.91. The molecule has 0 unspecified atom stereocenters. The topological polar surface area (TPSA) is 82.1 Å². The van der Waals surface area contributed by atoms with Crippen molar-refractivity contribution in [3.8, 4) is 0 Å². The van der Waals surface area contributed by atoms with Gasteiger partial charge in [-0.05, 0) is 57.4 Å². The van der Waals surface area contributed by atoms with Gasteiger partial charge in [0.1, 0.15) is 5.60 Å². The molecule has 1 rings (SSSR count). The lowest BCUT2D eigenvalue weighted by molar-refractivity contribution is 0.0297. The number of methoxy groups -OCH3 is 2. The van der Waals surface area contributed by atoms with Crippen molar-refractivity contribution >= 4 is 18.0 Å². The van der Waals surface area contributed by atoms with Crippen molar-refractivity contribution < 1.29 is 28.6 Å². The molecule has 1 aromatic rings. The molecule has 1 aromatic carbocycles. The van der Waals surface area contributed by atoms with Crippen LogP contribution in [0, 0.1) is 0 Å². The molecule has 26 heavy (non-hydrogen) atoms. The minimum atomic E-state index is -0.546. The van der Waals surface area contributed by atoms with Crippen molar-refractivity contribution in [3.05, 3.63) is 34.9 Å². The average Bonchev–Trinajstić information content (AvgIpc) is 2.58. The Morgan fingerprint density at radius 1 is 0.962 bits per heavy atom. The molecule has 0 saturated heterocycles. The van der Waals surface area contributed by atoms with Gasteiger partial charge in [-0.2, -0.15) is 0 Å². The molecule has 144 valence electrons. The molecular weight excluding hydrogens is 338 g/mol. The molecule has 0 aliphatic rings. The smallest absolute Gasteiger partial charge is 0.410 e. The third-order valence-electron chi connectivity index (χ3n) is 3.50. The van der Waals surface area contributed by atoms with E-state index >= 15 is 0 Å². The van der Waals surface area contributed by atoms with Crippen LogP contribution in [0.25, 0.3) is 0 Å². The van der Waals surface area contributed by atoms with E-state index in [4.69, 9.17) is 14.2 Å². The van der Waals surface area contributed by atoms with Gasteiger partial charge in [-0.3, -0.25) is 0 Å². The summed E-state index contributed by atoms with van der Waals surface area (Å²) in [6.45, 7) is 5.91. The molecule has 0 saturated carbocycles. The maximum Gasteiger partial charge on any atom is 0.410 e. The van der Waals surface area contributed by atoms with Crippen LogP contribution in [-0.4, -0.2) is 56.3 Å². The highest BCUT2D eigenvalue weighted by molar-refractivity contribution is 5.95. The van der Waals surface area contributed by atoms with Crippen LogP contribution in [0.4, 0.5) is 4.79 Å². The van der Waals surface area contributed by atoms with Crippen LogP contribution in [0.15, 0.2) is 18.2 Å². The molecule has 0 aliphatic carbocycles. The molecule has 7 nitrogen and oxygen atoms in total. The van der Waals surface area contributed by atoms with Crippen molar-refractivity contribution in [2.75, 3.05) is 27.8 Å². The number of nitrogens with zero attached hydrogens (tertiary/aromatic N) is 1. The molecule has 0 radical (unpaired) electrons. The maximum atomic E-state index is 11.9. The monoisotopic (exact) mass is 365 g/mol. The lowest BCUT2D eigenvalue weighted by Gasteiger charge is -2.24. The Balaban J connectivity index is 2.78. The quantitative estimate of drug-likeness (QED) is 0.569. The van der Waals surface area contributed by atoms with Crippen molar-refractivity contribution in [2.24, 2.45) is 0 Å². The first-order valence-corrected chi connectivity index (χ1v) is 8.32. The average molecular weight is 365 g/mol. The van der Waals surface area contributed by atoms with Gasteiger partial charge in [0, 0.05) is 13.6 Å². The first kappa shape index (κ1) is 21.5. The summed E-state index contributed by atoms with van der Waals surface area (Å²) >= 11 is 0. The zero-order valence-electron chi connectivity index (χ0n) is 16.3. The summed E-state index contributed by atoms with van der Waals surface area (Å²) in [4.78, 5) is 37.0. The predicted molar refractivity (Wildman–Crippen MR) is 96.3 cm³/mol. The fourth-order valence-electron chi connectivity index (χ4n) is 2.26. The van der Waals surface area contributed by atoms with E-state index in [0.29, 0.717) is 19.4 Å². The summed E-state index contributed by atoms with van der Waals surface area (Å²) in [6, 6.07) is 4.78.